The summed E-state index contributed by atoms with van der Waals surface area (Å²) in [6, 6.07) is 5.48. The van der Waals surface area contributed by atoms with Gasteiger partial charge in [0.25, 0.3) is 0 Å². The third-order valence-corrected chi connectivity index (χ3v) is 8.34. The fourth-order valence-corrected chi connectivity index (χ4v) is 7.26. The quantitative estimate of drug-likeness (QED) is 0.594. The topological polar surface area (TPSA) is 28.2 Å². The van der Waals surface area contributed by atoms with Crippen LogP contribution in [0.1, 0.15) is 56.6 Å². The van der Waals surface area contributed by atoms with Gasteiger partial charge >= 0.3 is 0 Å². The van der Waals surface area contributed by atoms with E-state index in [1.165, 1.54) is 42.3 Å². The summed E-state index contributed by atoms with van der Waals surface area (Å²) < 4.78 is 14.2. The molecule has 2 aromatic rings. The molecule has 5 rings (SSSR count). The van der Waals surface area contributed by atoms with Crippen molar-refractivity contribution in [3.05, 3.63) is 23.3 Å². The highest BCUT2D eigenvalue weighted by Gasteiger charge is 2.53. The molecule has 1 aliphatic heterocycles. The summed E-state index contributed by atoms with van der Waals surface area (Å²) >= 11 is 1.78. The number of alkyl halides is 1. The Morgan fingerprint density at radius 1 is 1.28 bits per heavy atom. The molecule has 0 spiro atoms. The van der Waals surface area contributed by atoms with E-state index in [2.05, 4.69) is 29.3 Å². The van der Waals surface area contributed by atoms with E-state index < -0.39 is 0 Å². The number of aromatic nitrogens is 1. The molecular formula is C22H32Cl2FN3S. The Balaban J connectivity index is 0.00000120. The van der Waals surface area contributed by atoms with Crippen LogP contribution in [0, 0.1) is 5.92 Å². The van der Waals surface area contributed by atoms with Crippen molar-refractivity contribution in [2.24, 2.45) is 5.92 Å². The Hall–Kier alpha value is -0.620. The number of nitrogens with one attached hydrogen (secondary N) is 1. The van der Waals surface area contributed by atoms with Gasteiger partial charge in [-0.25, -0.2) is 4.98 Å². The molecule has 1 N–H and O–H groups in total. The SMILES string of the molecule is CCNc1nc2cc3c(cc2s1)C[C@@H]1[C@@H]2CCCC[C@]32CCN1CCCF.Cl.Cl. The van der Waals surface area contributed by atoms with Crippen molar-refractivity contribution in [2.45, 2.75) is 63.3 Å². The van der Waals surface area contributed by atoms with Gasteiger partial charge in [-0.3, -0.25) is 9.29 Å². The third-order valence-electron chi connectivity index (χ3n) is 7.36. The number of likely N-dealkylation sites (tertiary alicyclic amines) is 1. The van der Waals surface area contributed by atoms with Gasteiger partial charge in [-0.15, -0.1) is 24.8 Å². The zero-order chi connectivity index (χ0) is 18.4. The van der Waals surface area contributed by atoms with Crippen LogP contribution in [-0.4, -0.2) is 42.2 Å². The van der Waals surface area contributed by atoms with Gasteiger partial charge in [-0.05, 0) is 74.8 Å². The first-order valence-corrected chi connectivity index (χ1v) is 11.5. The maximum Gasteiger partial charge on any atom is 0.183 e. The molecule has 162 valence electrons. The Morgan fingerprint density at radius 2 is 2.14 bits per heavy atom. The fraction of sp³-hybridized carbons (Fsp3) is 0.682. The van der Waals surface area contributed by atoms with Crippen LogP contribution in [-0.2, 0) is 11.8 Å². The van der Waals surface area contributed by atoms with Gasteiger partial charge in [0.15, 0.2) is 5.13 Å². The number of benzene rings is 1. The molecular weight excluding hydrogens is 428 g/mol. The number of fused-ring (bicyclic) bond motifs is 2. The van der Waals surface area contributed by atoms with Gasteiger partial charge in [0.2, 0.25) is 0 Å². The molecule has 29 heavy (non-hydrogen) atoms. The smallest absolute Gasteiger partial charge is 0.183 e. The monoisotopic (exact) mass is 459 g/mol. The first-order chi connectivity index (χ1) is 13.2. The average Bonchev–Trinajstić information content (AvgIpc) is 3.08. The summed E-state index contributed by atoms with van der Waals surface area (Å²) in [6.45, 7) is 4.91. The molecule has 3 aliphatic rings. The third kappa shape index (κ3) is 3.77. The fourth-order valence-electron chi connectivity index (χ4n) is 6.28. The lowest BCUT2D eigenvalue weighted by molar-refractivity contribution is -0.0121. The minimum Gasteiger partial charge on any atom is -0.362 e. The van der Waals surface area contributed by atoms with E-state index in [1.807, 2.05) is 0 Å². The summed E-state index contributed by atoms with van der Waals surface area (Å²) in [5, 5.41) is 4.42. The highest BCUT2D eigenvalue weighted by atomic mass is 35.5. The number of hydrogen-bond donors (Lipinski definition) is 1. The van der Waals surface area contributed by atoms with Gasteiger partial charge in [0.1, 0.15) is 0 Å². The lowest BCUT2D eigenvalue weighted by atomic mass is 9.52. The largest absolute Gasteiger partial charge is 0.362 e. The van der Waals surface area contributed by atoms with E-state index in [0.717, 1.165) is 37.1 Å². The molecule has 1 aromatic heterocycles. The van der Waals surface area contributed by atoms with E-state index in [4.69, 9.17) is 4.98 Å². The molecule has 0 radical (unpaired) electrons. The standard InChI is InChI=1S/C22H30FN3S.2ClH/c1-2-24-21-25-18-14-17-15(13-20(18)27-21)12-19-16-6-3-4-7-22(16,17)8-11-26(19)10-5-9-23;;/h13-14,16,19H,2-12H2,1H3,(H,24,25);2*1H/t16-,19+,22+;;/m0../s1. The minimum atomic E-state index is -0.190. The Kier molecular flexibility index (Phi) is 7.35. The average molecular weight is 460 g/mol. The Morgan fingerprint density at radius 3 is 2.93 bits per heavy atom. The van der Waals surface area contributed by atoms with E-state index in [1.54, 1.807) is 22.5 Å². The first kappa shape index (κ1) is 23.1. The lowest BCUT2D eigenvalue weighted by Gasteiger charge is -2.59. The van der Waals surface area contributed by atoms with Gasteiger partial charge in [0.05, 0.1) is 16.9 Å². The summed E-state index contributed by atoms with van der Waals surface area (Å²) in [6.07, 6.45) is 8.44. The molecule has 1 saturated carbocycles. The number of nitrogens with zero attached hydrogens (tertiary/aromatic N) is 2. The highest BCUT2D eigenvalue weighted by Crippen LogP contribution is 2.56. The van der Waals surface area contributed by atoms with Crippen LogP contribution in [0.5, 0.6) is 0 Å². The van der Waals surface area contributed by atoms with Crippen LogP contribution in [0.3, 0.4) is 0 Å². The van der Waals surface area contributed by atoms with E-state index in [0.29, 0.717) is 17.9 Å². The molecule has 2 heterocycles. The Bertz CT molecular complexity index is 845. The normalized spacial score (nSPS) is 28.1. The molecule has 3 nitrogen and oxygen atoms in total. The molecule has 0 amide bonds. The Labute approximate surface area is 189 Å². The maximum atomic E-state index is 12.8. The second kappa shape index (κ2) is 9.25. The van der Waals surface area contributed by atoms with Crippen LogP contribution in [0.2, 0.25) is 0 Å². The van der Waals surface area contributed by atoms with Crippen LogP contribution in [0.15, 0.2) is 12.1 Å². The van der Waals surface area contributed by atoms with Crippen LogP contribution in [0.25, 0.3) is 10.2 Å². The van der Waals surface area contributed by atoms with Crippen molar-refractivity contribution in [3.63, 3.8) is 0 Å². The molecule has 1 saturated heterocycles. The van der Waals surface area contributed by atoms with E-state index in [9.17, 15) is 4.39 Å². The number of halogens is 3. The van der Waals surface area contributed by atoms with Gasteiger partial charge in [0, 0.05) is 24.5 Å². The van der Waals surface area contributed by atoms with Crippen molar-refractivity contribution >= 4 is 51.5 Å². The van der Waals surface area contributed by atoms with Gasteiger partial charge in [-0.1, -0.05) is 24.2 Å². The highest BCUT2D eigenvalue weighted by molar-refractivity contribution is 7.22. The predicted molar refractivity (Wildman–Crippen MR) is 126 cm³/mol. The summed E-state index contributed by atoms with van der Waals surface area (Å²) in [4.78, 5) is 7.48. The number of hydrogen-bond acceptors (Lipinski definition) is 4. The summed E-state index contributed by atoms with van der Waals surface area (Å²) in [5.74, 6) is 0.747. The van der Waals surface area contributed by atoms with Crippen molar-refractivity contribution in [2.75, 3.05) is 31.6 Å². The molecule has 1 aromatic carbocycles. The molecule has 2 fully saturated rings. The summed E-state index contributed by atoms with van der Waals surface area (Å²) in [5.41, 5.74) is 4.67. The molecule has 2 aliphatic carbocycles. The predicted octanol–water partition coefficient (Wildman–Crippen LogP) is 5.99. The summed E-state index contributed by atoms with van der Waals surface area (Å²) in [7, 11) is 0. The lowest BCUT2D eigenvalue weighted by Crippen LogP contribution is -2.61. The number of thiazole rings is 1. The van der Waals surface area contributed by atoms with E-state index in [-0.39, 0.29) is 31.5 Å². The van der Waals surface area contributed by atoms with Crippen LogP contribution < -0.4 is 5.32 Å². The molecule has 7 heteroatoms. The number of piperidine rings is 1. The van der Waals surface area contributed by atoms with Crippen molar-refractivity contribution in [1.82, 2.24) is 9.88 Å². The second-order valence-corrected chi connectivity index (χ2v) is 9.67. The van der Waals surface area contributed by atoms with Crippen molar-refractivity contribution < 1.29 is 4.39 Å². The van der Waals surface area contributed by atoms with Gasteiger partial charge < -0.3 is 5.32 Å². The number of rotatable bonds is 5. The van der Waals surface area contributed by atoms with Crippen LogP contribution in [0.4, 0.5) is 9.52 Å². The minimum absolute atomic E-state index is 0. The zero-order valence-electron chi connectivity index (χ0n) is 17.1. The first-order valence-electron chi connectivity index (χ1n) is 10.7. The van der Waals surface area contributed by atoms with Crippen molar-refractivity contribution in [3.8, 4) is 0 Å². The maximum absolute atomic E-state index is 12.8. The molecule has 0 unspecified atom stereocenters. The van der Waals surface area contributed by atoms with Crippen molar-refractivity contribution in [1.29, 1.82) is 0 Å². The number of anilines is 1. The second-order valence-electron chi connectivity index (χ2n) is 8.63. The van der Waals surface area contributed by atoms with E-state index >= 15 is 0 Å². The zero-order valence-corrected chi connectivity index (χ0v) is 19.5. The molecule has 2 bridgehead atoms. The van der Waals surface area contributed by atoms with Crippen LogP contribution >= 0.6 is 36.2 Å². The van der Waals surface area contributed by atoms with Gasteiger partial charge in [-0.2, -0.15) is 0 Å². The molecule has 3 atom stereocenters.